The molecule has 0 bridgehead atoms. The Morgan fingerprint density at radius 2 is 1.93 bits per heavy atom. The fraction of sp³-hybridized carbons (Fsp3) is 0.917. The number of hydrogen-bond acceptors (Lipinski definition) is 2. The normalized spacial score (nSPS) is 26.9. The van der Waals surface area contributed by atoms with Gasteiger partial charge in [-0.1, -0.05) is 0 Å². The molecular weight excluding hydrogens is 190 g/mol. The van der Waals surface area contributed by atoms with Gasteiger partial charge in [-0.3, -0.25) is 0 Å². The van der Waals surface area contributed by atoms with Gasteiger partial charge >= 0.3 is 6.09 Å². The Hall–Kier alpha value is -0.730. The average molecular weight is 211 g/mol. The highest BCUT2D eigenvalue weighted by molar-refractivity contribution is 5.69. The third kappa shape index (κ3) is 2.64. The first-order valence-corrected chi connectivity index (χ1v) is 5.97. The van der Waals surface area contributed by atoms with E-state index in [0.717, 1.165) is 18.9 Å². The summed E-state index contributed by atoms with van der Waals surface area (Å²) in [5.41, 5.74) is -0.367. The number of nitrogens with zero attached hydrogens (tertiary/aromatic N) is 1. The molecule has 1 saturated heterocycles. The lowest BCUT2D eigenvalue weighted by Crippen LogP contribution is -2.40. The molecule has 0 aromatic heterocycles. The zero-order valence-corrected chi connectivity index (χ0v) is 9.95. The van der Waals surface area contributed by atoms with Gasteiger partial charge in [0, 0.05) is 12.6 Å². The number of ether oxygens (including phenoxy) is 1. The van der Waals surface area contributed by atoms with Crippen molar-refractivity contribution in [2.45, 2.75) is 58.1 Å². The van der Waals surface area contributed by atoms with E-state index in [2.05, 4.69) is 0 Å². The van der Waals surface area contributed by atoms with Crippen molar-refractivity contribution in [3.63, 3.8) is 0 Å². The van der Waals surface area contributed by atoms with Crippen LogP contribution in [0.3, 0.4) is 0 Å². The molecule has 1 amide bonds. The average Bonchev–Trinajstić information content (AvgIpc) is 2.80. The van der Waals surface area contributed by atoms with Gasteiger partial charge in [0.2, 0.25) is 0 Å². The molecule has 0 radical (unpaired) electrons. The second kappa shape index (κ2) is 3.69. The van der Waals surface area contributed by atoms with Crippen molar-refractivity contribution in [1.82, 2.24) is 4.90 Å². The summed E-state index contributed by atoms with van der Waals surface area (Å²) < 4.78 is 5.42. The molecule has 2 rings (SSSR count). The number of carbonyl (C=O) groups is 1. The fourth-order valence-electron chi connectivity index (χ4n) is 2.31. The quantitative estimate of drug-likeness (QED) is 0.667. The first-order chi connectivity index (χ1) is 6.97. The van der Waals surface area contributed by atoms with Crippen molar-refractivity contribution in [2.24, 2.45) is 5.92 Å². The SMILES string of the molecule is CC(C)(C)OC(=O)N1CCC[C@@H]1C1CC1. The van der Waals surface area contributed by atoms with Crippen LogP contribution in [0.1, 0.15) is 46.5 Å². The zero-order valence-electron chi connectivity index (χ0n) is 9.95. The predicted molar refractivity (Wildman–Crippen MR) is 58.7 cm³/mol. The largest absolute Gasteiger partial charge is 0.444 e. The van der Waals surface area contributed by atoms with E-state index in [1.54, 1.807) is 0 Å². The molecule has 3 nitrogen and oxygen atoms in total. The van der Waals surface area contributed by atoms with Gasteiger partial charge in [-0.15, -0.1) is 0 Å². The first kappa shape index (κ1) is 10.8. The fourth-order valence-corrected chi connectivity index (χ4v) is 2.31. The number of likely N-dealkylation sites (tertiary alicyclic amines) is 1. The first-order valence-electron chi connectivity index (χ1n) is 5.97. The molecule has 0 N–H and O–H groups in total. The van der Waals surface area contributed by atoms with E-state index in [4.69, 9.17) is 4.74 Å². The Morgan fingerprint density at radius 1 is 1.27 bits per heavy atom. The standard InChI is InChI=1S/C12H21NO2/c1-12(2,3)15-11(14)13-8-4-5-10(13)9-6-7-9/h9-10H,4-8H2,1-3H3/t10-/m1/s1. The van der Waals surface area contributed by atoms with Crippen molar-refractivity contribution in [3.8, 4) is 0 Å². The summed E-state index contributed by atoms with van der Waals surface area (Å²) in [5.74, 6) is 0.764. The van der Waals surface area contributed by atoms with E-state index < -0.39 is 0 Å². The lowest BCUT2D eigenvalue weighted by Gasteiger charge is -2.28. The smallest absolute Gasteiger partial charge is 0.410 e. The van der Waals surface area contributed by atoms with Gasteiger partial charge in [-0.2, -0.15) is 0 Å². The Labute approximate surface area is 91.8 Å². The van der Waals surface area contributed by atoms with Crippen LogP contribution in [-0.4, -0.2) is 29.2 Å². The molecule has 0 spiro atoms. The monoisotopic (exact) mass is 211 g/mol. The summed E-state index contributed by atoms with van der Waals surface area (Å²) in [7, 11) is 0. The van der Waals surface area contributed by atoms with Crippen LogP contribution in [0.5, 0.6) is 0 Å². The summed E-state index contributed by atoms with van der Waals surface area (Å²) in [6.45, 7) is 6.66. The highest BCUT2D eigenvalue weighted by atomic mass is 16.6. The topological polar surface area (TPSA) is 29.5 Å². The molecule has 2 fully saturated rings. The van der Waals surface area contributed by atoms with Crippen LogP contribution in [0.4, 0.5) is 4.79 Å². The number of amides is 1. The van der Waals surface area contributed by atoms with Crippen LogP contribution < -0.4 is 0 Å². The molecular formula is C12H21NO2. The predicted octanol–water partition coefficient (Wildman–Crippen LogP) is 2.80. The van der Waals surface area contributed by atoms with E-state index in [-0.39, 0.29) is 11.7 Å². The Kier molecular flexibility index (Phi) is 2.65. The highest BCUT2D eigenvalue weighted by Crippen LogP contribution is 2.40. The van der Waals surface area contributed by atoms with Gasteiger partial charge < -0.3 is 9.64 Å². The maximum Gasteiger partial charge on any atom is 0.410 e. The second-order valence-corrected chi connectivity index (χ2v) is 5.72. The second-order valence-electron chi connectivity index (χ2n) is 5.72. The summed E-state index contributed by atoms with van der Waals surface area (Å²) >= 11 is 0. The maximum atomic E-state index is 11.9. The Morgan fingerprint density at radius 3 is 2.47 bits per heavy atom. The molecule has 2 aliphatic rings. The summed E-state index contributed by atoms with van der Waals surface area (Å²) in [6, 6.07) is 0.472. The molecule has 1 aliphatic carbocycles. The van der Waals surface area contributed by atoms with Crippen molar-refractivity contribution >= 4 is 6.09 Å². The van der Waals surface area contributed by atoms with Crippen molar-refractivity contribution in [2.75, 3.05) is 6.54 Å². The van der Waals surface area contributed by atoms with E-state index in [1.807, 2.05) is 25.7 Å². The van der Waals surface area contributed by atoms with E-state index in [1.165, 1.54) is 19.3 Å². The van der Waals surface area contributed by atoms with Gasteiger partial charge in [0.15, 0.2) is 0 Å². The summed E-state index contributed by atoms with van der Waals surface area (Å²) in [6.07, 6.45) is 4.79. The summed E-state index contributed by atoms with van der Waals surface area (Å²) in [4.78, 5) is 13.9. The molecule has 1 heterocycles. The maximum absolute atomic E-state index is 11.9. The molecule has 0 aromatic carbocycles. The number of carbonyl (C=O) groups excluding carboxylic acids is 1. The van der Waals surface area contributed by atoms with Crippen LogP contribution in [0.15, 0.2) is 0 Å². The van der Waals surface area contributed by atoms with Crippen LogP contribution >= 0.6 is 0 Å². The van der Waals surface area contributed by atoms with Gasteiger partial charge in [-0.05, 0) is 52.4 Å². The highest BCUT2D eigenvalue weighted by Gasteiger charge is 2.41. The molecule has 15 heavy (non-hydrogen) atoms. The van der Waals surface area contributed by atoms with Crippen molar-refractivity contribution < 1.29 is 9.53 Å². The third-order valence-corrected chi connectivity index (χ3v) is 3.09. The molecule has 3 heteroatoms. The summed E-state index contributed by atoms with van der Waals surface area (Å²) in [5, 5.41) is 0. The molecule has 1 atom stereocenters. The number of hydrogen-bond donors (Lipinski definition) is 0. The lowest BCUT2D eigenvalue weighted by molar-refractivity contribution is 0.0210. The van der Waals surface area contributed by atoms with E-state index in [0.29, 0.717) is 6.04 Å². The third-order valence-electron chi connectivity index (χ3n) is 3.09. The minimum absolute atomic E-state index is 0.114. The molecule has 0 unspecified atom stereocenters. The minimum atomic E-state index is -0.367. The van der Waals surface area contributed by atoms with Gasteiger partial charge in [-0.25, -0.2) is 4.79 Å². The molecule has 86 valence electrons. The van der Waals surface area contributed by atoms with Crippen LogP contribution in [0.25, 0.3) is 0 Å². The van der Waals surface area contributed by atoms with Crippen LogP contribution in [0, 0.1) is 5.92 Å². The Bertz CT molecular complexity index is 253. The Balaban J connectivity index is 1.93. The van der Waals surface area contributed by atoms with Gasteiger partial charge in [0.1, 0.15) is 5.60 Å². The molecule has 1 aliphatic heterocycles. The van der Waals surface area contributed by atoms with Crippen LogP contribution in [-0.2, 0) is 4.74 Å². The van der Waals surface area contributed by atoms with E-state index >= 15 is 0 Å². The minimum Gasteiger partial charge on any atom is -0.444 e. The lowest BCUT2D eigenvalue weighted by atomic mass is 10.1. The van der Waals surface area contributed by atoms with Crippen molar-refractivity contribution in [1.29, 1.82) is 0 Å². The van der Waals surface area contributed by atoms with Gasteiger partial charge in [0.25, 0.3) is 0 Å². The number of rotatable bonds is 1. The van der Waals surface area contributed by atoms with E-state index in [9.17, 15) is 4.79 Å². The van der Waals surface area contributed by atoms with Crippen molar-refractivity contribution in [3.05, 3.63) is 0 Å². The molecule has 1 saturated carbocycles. The van der Waals surface area contributed by atoms with Crippen LogP contribution in [0.2, 0.25) is 0 Å². The zero-order chi connectivity index (χ0) is 11.1. The van der Waals surface area contributed by atoms with Gasteiger partial charge in [0.05, 0.1) is 0 Å². The molecule has 0 aromatic rings.